The van der Waals surface area contributed by atoms with E-state index in [1.165, 1.54) is 31.0 Å². The van der Waals surface area contributed by atoms with Gasteiger partial charge in [-0.25, -0.2) is 0 Å². The summed E-state index contributed by atoms with van der Waals surface area (Å²) in [5, 5.41) is 0. The summed E-state index contributed by atoms with van der Waals surface area (Å²) in [7, 11) is 0. The second kappa shape index (κ2) is 11.3. The van der Waals surface area contributed by atoms with Gasteiger partial charge in [0.25, 0.3) is 0 Å². The van der Waals surface area contributed by atoms with E-state index in [1.807, 2.05) is 6.08 Å². The molecule has 0 spiro atoms. The summed E-state index contributed by atoms with van der Waals surface area (Å²) in [6.45, 7) is 3.66. The van der Waals surface area contributed by atoms with Gasteiger partial charge in [0.05, 0.1) is 0 Å². The van der Waals surface area contributed by atoms with Crippen molar-refractivity contribution in [3.05, 3.63) is 12.7 Å². The fourth-order valence-corrected chi connectivity index (χ4v) is 2.80. The molecule has 0 aromatic rings. The Morgan fingerprint density at radius 3 is 1.86 bits per heavy atom. The molecule has 0 bridgehead atoms. The smallest absolute Gasteiger partial charge is 0.196 e. The number of alkyl halides is 5. The highest BCUT2D eigenvalue weighted by Gasteiger charge is 2.56. The molecule has 0 saturated heterocycles. The third-order valence-corrected chi connectivity index (χ3v) is 4.30. The number of hydrogen-bond donors (Lipinski definition) is 0. The Labute approximate surface area is 128 Å². The van der Waals surface area contributed by atoms with Crippen LogP contribution in [0.3, 0.4) is 0 Å². The average Bonchev–Trinajstić information content (AvgIpc) is 2.38. The lowest BCUT2D eigenvalue weighted by Crippen LogP contribution is -2.36. The molecule has 0 unspecified atom stereocenters. The van der Waals surface area contributed by atoms with Gasteiger partial charge in [0.1, 0.15) is 0 Å². The molecule has 0 aliphatic rings. The van der Waals surface area contributed by atoms with Crippen molar-refractivity contribution in [2.24, 2.45) is 0 Å². The minimum absolute atomic E-state index is 0.0985. The van der Waals surface area contributed by atoms with Gasteiger partial charge in [-0.15, -0.1) is 6.58 Å². The standard InChI is InChI=1S/C15H25F5S/c1-2-3-4-5-6-7-8-9-12-21-13-10-11-14(16,17)15(18,19)20/h2H,1,3-13H2. The normalized spacial score (nSPS) is 12.6. The van der Waals surface area contributed by atoms with Crippen LogP contribution in [0.2, 0.25) is 0 Å². The molecule has 0 saturated carbocycles. The predicted molar refractivity (Wildman–Crippen MR) is 80.1 cm³/mol. The van der Waals surface area contributed by atoms with E-state index in [9.17, 15) is 22.0 Å². The van der Waals surface area contributed by atoms with Gasteiger partial charge < -0.3 is 0 Å². The Bertz CT molecular complexity index is 263. The molecule has 21 heavy (non-hydrogen) atoms. The topological polar surface area (TPSA) is 0 Å². The van der Waals surface area contributed by atoms with Gasteiger partial charge in [-0.1, -0.05) is 31.8 Å². The quantitative estimate of drug-likeness (QED) is 0.208. The van der Waals surface area contributed by atoms with Crippen molar-refractivity contribution in [1.29, 1.82) is 0 Å². The Balaban J connectivity index is 3.32. The number of unbranched alkanes of at least 4 members (excludes halogenated alkanes) is 6. The lowest BCUT2D eigenvalue weighted by molar-refractivity contribution is -0.284. The first-order chi connectivity index (χ1) is 9.81. The first-order valence-corrected chi connectivity index (χ1v) is 8.60. The molecule has 0 radical (unpaired) electrons. The summed E-state index contributed by atoms with van der Waals surface area (Å²) in [5.41, 5.74) is 0. The highest BCUT2D eigenvalue weighted by atomic mass is 32.2. The van der Waals surface area contributed by atoms with Crippen molar-refractivity contribution in [2.75, 3.05) is 11.5 Å². The molecule has 0 heterocycles. The zero-order chi connectivity index (χ0) is 16.2. The maximum absolute atomic E-state index is 12.6. The van der Waals surface area contributed by atoms with E-state index in [1.54, 1.807) is 0 Å². The van der Waals surface area contributed by atoms with Gasteiger partial charge in [-0.05, 0) is 37.2 Å². The van der Waals surface area contributed by atoms with Gasteiger partial charge in [0.2, 0.25) is 0 Å². The van der Waals surface area contributed by atoms with Gasteiger partial charge in [0.15, 0.2) is 0 Å². The van der Waals surface area contributed by atoms with E-state index in [2.05, 4.69) is 6.58 Å². The molecular weight excluding hydrogens is 307 g/mol. The highest BCUT2D eigenvalue weighted by molar-refractivity contribution is 7.99. The second-order valence-electron chi connectivity index (χ2n) is 5.12. The SMILES string of the molecule is C=CCCCCCCCCSCCCC(F)(F)C(F)(F)F. The second-order valence-corrected chi connectivity index (χ2v) is 6.34. The maximum atomic E-state index is 12.6. The van der Waals surface area contributed by atoms with Gasteiger partial charge in [0, 0.05) is 6.42 Å². The van der Waals surface area contributed by atoms with Crippen LogP contribution in [-0.4, -0.2) is 23.6 Å². The van der Waals surface area contributed by atoms with Crippen LogP contribution >= 0.6 is 11.8 Å². The molecule has 0 aliphatic heterocycles. The van der Waals surface area contributed by atoms with E-state index < -0.39 is 18.5 Å². The molecule has 0 fully saturated rings. The molecule has 0 atom stereocenters. The average molecular weight is 332 g/mol. The third-order valence-electron chi connectivity index (χ3n) is 3.14. The summed E-state index contributed by atoms with van der Waals surface area (Å²) in [4.78, 5) is 0. The molecule has 0 rings (SSSR count). The first-order valence-electron chi connectivity index (χ1n) is 7.44. The highest BCUT2D eigenvalue weighted by Crippen LogP contribution is 2.39. The Kier molecular flexibility index (Phi) is 11.2. The predicted octanol–water partition coefficient (Wildman–Crippen LogP) is 6.61. The third kappa shape index (κ3) is 11.0. The summed E-state index contributed by atoms with van der Waals surface area (Å²) in [6.07, 6.45) is 3.17. The molecule has 6 heteroatoms. The lowest BCUT2D eigenvalue weighted by atomic mass is 10.1. The fraction of sp³-hybridized carbons (Fsp3) is 0.867. The van der Waals surface area contributed by atoms with Crippen LogP contribution < -0.4 is 0 Å². The number of hydrogen-bond acceptors (Lipinski definition) is 1. The fourth-order valence-electron chi connectivity index (χ4n) is 1.84. The summed E-state index contributed by atoms with van der Waals surface area (Å²) in [5.74, 6) is -3.34. The zero-order valence-corrected chi connectivity index (χ0v) is 13.2. The van der Waals surface area contributed by atoms with Crippen LogP contribution in [0.25, 0.3) is 0 Å². The number of thioether (sulfide) groups is 1. The van der Waals surface area contributed by atoms with Crippen LogP contribution in [0.15, 0.2) is 12.7 Å². The summed E-state index contributed by atoms with van der Waals surface area (Å²) < 4.78 is 60.9. The maximum Gasteiger partial charge on any atom is 0.453 e. The molecular formula is C15H25F5S. The zero-order valence-electron chi connectivity index (χ0n) is 12.4. The van der Waals surface area contributed by atoms with Crippen LogP contribution in [0.4, 0.5) is 22.0 Å². The summed E-state index contributed by atoms with van der Waals surface area (Å²) in [6, 6.07) is 0. The molecule has 0 amide bonds. The Morgan fingerprint density at radius 2 is 1.29 bits per heavy atom. The monoisotopic (exact) mass is 332 g/mol. The van der Waals surface area contributed by atoms with Crippen molar-refractivity contribution in [2.45, 2.75) is 69.9 Å². The minimum Gasteiger partial charge on any atom is -0.196 e. The number of halogens is 5. The van der Waals surface area contributed by atoms with Crippen molar-refractivity contribution in [3.8, 4) is 0 Å². The Hall–Kier alpha value is -0.260. The van der Waals surface area contributed by atoms with Crippen molar-refractivity contribution in [1.82, 2.24) is 0 Å². The van der Waals surface area contributed by atoms with E-state index >= 15 is 0 Å². The van der Waals surface area contributed by atoms with Crippen molar-refractivity contribution < 1.29 is 22.0 Å². The van der Waals surface area contributed by atoms with E-state index in [0.29, 0.717) is 5.75 Å². The van der Waals surface area contributed by atoms with Crippen LogP contribution in [0, 0.1) is 0 Å². The molecule has 0 aromatic carbocycles. The van der Waals surface area contributed by atoms with Crippen molar-refractivity contribution in [3.63, 3.8) is 0 Å². The lowest BCUT2D eigenvalue weighted by Gasteiger charge is -2.19. The van der Waals surface area contributed by atoms with Crippen LogP contribution in [-0.2, 0) is 0 Å². The van der Waals surface area contributed by atoms with Gasteiger partial charge in [-0.3, -0.25) is 0 Å². The van der Waals surface area contributed by atoms with Gasteiger partial charge in [-0.2, -0.15) is 33.7 Å². The van der Waals surface area contributed by atoms with Crippen LogP contribution in [0.1, 0.15) is 57.8 Å². The minimum atomic E-state index is -5.41. The molecule has 0 aromatic heterocycles. The van der Waals surface area contributed by atoms with Gasteiger partial charge >= 0.3 is 12.1 Å². The largest absolute Gasteiger partial charge is 0.453 e. The van der Waals surface area contributed by atoms with E-state index in [0.717, 1.165) is 31.4 Å². The molecule has 0 nitrogen and oxygen atoms in total. The number of rotatable bonds is 13. The number of allylic oxidation sites excluding steroid dienone is 1. The van der Waals surface area contributed by atoms with E-state index in [4.69, 9.17) is 0 Å². The molecule has 0 aliphatic carbocycles. The first kappa shape index (κ1) is 20.7. The molecule has 126 valence electrons. The molecule has 0 N–H and O–H groups in total. The van der Waals surface area contributed by atoms with Crippen LogP contribution in [0.5, 0.6) is 0 Å². The summed E-state index contributed by atoms with van der Waals surface area (Å²) >= 11 is 1.46. The Morgan fingerprint density at radius 1 is 0.762 bits per heavy atom. The van der Waals surface area contributed by atoms with E-state index in [-0.39, 0.29) is 6.42 Å². The van der Waals surface area contributed by atoms with Crippen molar-refractivity contribution >= 4 is 11.8 Å².